The smallest absolute Gasteiger partial charge is 0.219 e. The molecular weight excluding hydrogens is 140 g/mol. The van der Waals surface area contributed by atoms with Crippen LogP contribution in [0.3, 0.4) is 0 Å². The van der Waals surface area contributed by atoms with Crippen molar-refractivity contribution in [1.82, 2.24) is 9.80 Å². The van der Waals surface area contributed by atoms with Crippen molar-refractivity contribution >= 4 is 5.91 Å². The third kappa shape index (κ3) is 4.79. The van der Waals surface area contributed by atoms with Crippen LogP contribution in [-0.4, -0.2) is 49.4 Å². The lowest BCUT2D eigenvalue weighted by Crippen LogP contribution is -2.34. The summed E-state index contributed by atoms with van der Waals surface area (Å²) in [7, 11) is 4.02. The Bertz CT molecular complexity index is 123. The van der Waals surface area contributed by atoms with Crippen molar-refractivity contribution in [3.8, 4) is 0 Å². The Balaban J connectivity index is 3.61. The molecule has 0 aliphatic heterocycles. The predicted octanol–water partition coefficient (Wildman–Crippen LogP) is 0.416. The van der Waals surface area contributed by atoms with Crippen molar-refractivity contribution in [2.24, 2.45) is 0 Å². The van der Waals surface area contributed by atoms with E-state index in [0.717, 1.165) is 19.6 Å². The summed E-state index contributed by atoms with van der Waals surface area (Å²) in [4.78, 5) is 14.8. The number of hydrogen-bond donors (Lipinski definition) is 0. The van der Waals surface area contributed by atoms with Gasteiger partial charge in [0.05, 0.1) is 0 Å². The van der Waals surface area contributed by atoms with Crippen LogP contribution in [0.15, 0.2) is 0 Å². The molecule has 0 saturated carbocycles. The first kappa shape index (κ1) is 10.4. The van der Waals surface area contributed by atoms with E-state index in [1.54, 1.807) is 6.92 Å². The maximum atomic E-state index is 10.9. The van der Waals surface area contributed by atoms with Gasteiger partial charge in [0, 0.05) is 26.6 Å². The normalized spacial score (nSPS) is 10.3. The minimum absolute atomic E-state index is 0.161. The Hall–Kier alpha value is -0.570. The molecule has 0 N–H and O–H groups in total. The number of carbonyl (C=O) groups is 1. The van der Waals surface area contributed by atoms with Gasteiger partial charge in [-0.3, -0.25) is 4.79 Å². The monoisotopic (exact) mass is 158 g/mol. The minimum atomic E-state index is 0.161. The molecule has 0 aliphatic carbocycles. The van der Waals surface area contributed by atoms with Crippen LogP contribution in [0.25, 0.3) is 0 Å². The summed E-state index contributed by atoms with van der Waals surface area (Å²) in [5, 5.41) is 0. The summed E-state index contributed by atoms with van der Waals surface area (Å²) < 4.78 is 0. The van der Waals surface area contributed by atoms with Gasteiger partial charge in [-0.2, -0.15) is 0 Å². The van der Waals surface area contributed by atoms with Crippen LogP contribution in [-0.2, 0) is 4.79 Å². The Morgan fingerprint density at radius 1 is 1.27 bits per heavy atom. The highest BCUT2D eigenvalue weighted by Gasteiger charge is 2.04. The second-order valence-corrected chi connectivity index (χ2v) is 2.90. The highest BCUT2D eigenvalue weighted by atomic mass is 16.2. The summed E-state index contributed by atoms with van der Waals surface area (Å²) in [5.41, 5.74) is 0. The van der Waals surface area contributed by atoms with Gasteiger partial charge in [-0.25, -0.2) is 0 Å². The number of hydrogen-bond acceptors (Lipinski definition) is 2. The minimum Gasteiger partial charge on any atom is -0.342 e. The standard InChI is InChI=1S/C8H18N2O/c1-5-10(8(2)11)7-6-9(3)4/h5-7H2,1-4H3. The molecule has 3 heteroatoms. The quantitative estimate of drug-likeness (QED) is 0.592. The average molecular weight is 158 g/mol. The number of rotatable bonds is 4. The Labute approximate surface area is 69.0 Å². The number of likely N-dealkylation sites (N-methyl/N-ethyl adjacent to an activating group) is 2. The van der Waals surface area contributed by atoms with Crippen LogP contribution in [0.1, 0.15) is 13.8 Å². The van der Waals surface area contributed by atoms with Crippen LogP contribution < -0.4 is 0 Å². The molecule has 66 valence electrons. The average Bonchev–Trinajstić information content (AvgIpc) is 1.87. The molecule has 1 amide bonds. The Morgan fingerprint density at radius 2 is 1.82 bits per heavy atom. The molecule has 0 unspecified atom stereocenters. The van der Waals surface area contributed by atoms with Crippen LogP contribution in [0, 0.1) is 0 Å². The van der Waals surface area contributed by atoms with E-state index in [9.17, 15) is 4.79 Å². The van der Waals surface area contributed by atoms with Gasteiger partial charge < -0.3 is 9.80 Å². The fourth-order valence-electron chi connectivity index (χ4n) is 0.859. The molecule has 0 aliphatic rings. The maximum absolute atomic E-state index is 10.9. The number of amides is 1. The largest absolute Gasteiger partial charge is 0.342 e. The van der Waals surface area contributed by atoms with E-state index in [1.165, 1.54) is 0 Å². The first-order valence-corrected chi connectivity index (χ1v) is 3.98. The fourth-order valence-corrected chi connectivity index (χ4v) is 0.859. The van der Waals surface area contributed by atoms with Gasteiger partial charge in [-0.05, 0) is 21.0 Å². The Morgan fingerprint density at radius 3 is 2.09 bits per heavy atom. The highest BCUT2D eigenvalue weighted by molar-refractivity contribution is 5.73. The van der Waals surface area contributed by atoms with E-state index < -0.39 is 0 Å². The summed E-state index contributed by atoms with van der Waals surface area (Å²) in [6.07, 6.45) is 0. The molecule has 3 nitrogen and oxygen atoms in total. The molecule has 0 atom stereocenters. The molecular formula is C8H18N2O. The third-order valence-electron chi connectivity index (χ3n) is 1.64. The molecule has 0 aromatic rings. The van der Waals surface area contributed by atoms with Crippen molar-refractivity contribution < 1.29 is 4.79 Å². The lowest BCUT2D eigenvalue weighted by Gasteiger charge is -2.20. The fraction of sp³-hybridized carbons (Fsp3) is 0.875. The van der Waals surface area contributed by atoms with Gasteiger partial charge in [0.1, 0.15) is 0 Å². The van der Waals surface area contributed by atoms with E-state index in [0.29, 0.717) is 0 Å². The van der Waals surface area contributed by atoms with Crippen LogP contribution in [0.4, 0.5) is 0 Å². The van der Waals surface area contributed by atoms with Gasteiger partial charge in [0.2, 0.25) is 5.91 Å². The van der Waals surface area contributed by atoms with Gasteiger partial charge in [-0.1, -0.05) is 0 Å². The van der Waals surface area contributed by atoms with Crippen molar-refractivity contribution in [2.75, 3.05) is 33.7 Å². The molecule has 0 saturated heterocycles. The van der Waals surface area contributed by atoms with E-state index in [-0.39, 0.29) is 5.91 Å². The van der Waals surface area contributed by atoms with Gasteiger partial charge >= 0.3 is 0 Å². The lowest BCUT2D eigenvalue weighted by atomic mass is 10.4. The van der Waals surface area contributed by atoms with Gasteiger partial charge in [-0.15, -0.1) is 0 Å². The topological polar surface area (TPSA) is 23.6 Å². The zero-order chi connectivity index (χ0) is 8.85. The number of nitrogens with zero attached hydrogens (tertiary/aromatic N) is 2. The second-order valence-electron chi connectivity index (χ2n) is 2.90. The molecule has 11 heavy (non-hydrogen) atoms. The van der Waals surface area contributed by atoms with E-state index in [1.807, 2.05) is 25.9 Å². The van der Waals surface area contributed by atoms with E-state index in [4.69, 9.17) is 0 Å². The molecule has 0 radical (unpaired) electrons. The van der Waals surface area contributed by atoms with E-state index >= 15 is 0 Å². The molecule has 0 bridgehead atoms. The maximum Gasteiger partial charge on any atom is 0.219 e. The van der Waals surface area contributed by atoms with Crippen LogP contribution in [0.5, 0.6) is 0 Å². The molecule has 0 fully saturated rings. The molecule has 0 rings (SSSR count). The third-order valence-corrected chi connectivity index (χ3v) is 1.64. The van der Waals surface area contributed by atoms with Gasteiger partial charge in [0.25, 0.3) is 0 Å². The summed E-state index contributed by atoms with van der Waals surface area (Å²) in [6.45, 7) is 6.19. The number of carbonyl (C=O) groups excluding carboxylic acids is 1. The van der Waals surface area contributed by atoms with Crippen molar-refractivity contribution in [3.63, 3.8) is 0 Å². The highest BCUT2D eigenvalue weighted by Crippen LogP contribution is 1.88. The van der Waals surface area contributed by atoms with Crippen molar-refractivity contribution in [1.29, 1.82) is 0 Å². The molecule has 0 aromatic heterocycles. The van der Waals surface area contributed by atoms with Crippen LogP contribution >= 0.6 is 0 Å². The molecule has 0 aromatic carbocycles. The molecule has 0 heterocycles. The first-order valence-electron chi connectivity index (χ1n) is 3.98. The van der Waals surface area contributed by atoms with Crippen molar-refractivity contribution in [3.05, 3.63) is 0 Å². The van der Waals surface area contributed by atoms with Crippen molar-refractivity contribution in [2.45, 2.75) is 13.8 Å². The second kappa shape index (κ2) is 5.13. The van der Waals surface area contributed by atoms with Crippen LogP contribution in [0.2, 0.25) is 0 Å². The van der Waals surface area contributed by atoms with Gasteiger partial charge in [0.15, 0.2) is 0 Å². The molecule has 0 spiro atoms. The lowest BCUT2D eigenvalue weighted by molar-refractivity contribution is -0.128. The zero-order valence-electron chi connectivity index (χ0n) is 7.92. The zero-order valence-corrected chi connectivity index (χ0v) is 7.92. The SMILES string of the molecule is CCN(CCN(C)C)C(C)=O. The summed E-state index contributed by atoms with van der Waals surface area (Å²) in [6, 6.07) is 0. The summed E-state index contributed by atoms with van der Waals surface area (Å²) in [5.74, 6) is 0.161. The predicted molar refractivity (Wildman–Crippen MR) is 46.5 cm³/mol. The Kier molecular flexibility index (Phi) is 4.86. The first-order chi connectivity index (χ1) is 5.07. The van der Waals surface area contributed by atoms with E-state index in [2.05, 4.69) is 4.90 Å². The summed E-state index contributed by atoms with van der Waals surface area (Å²) >= 11 is 0.